The number of halogens is 4. The molecule has 0 aliphatic heterocycles. The molecule has 0 unspecified atom stereocenters. The molecule has 0 amide bonds. The fourth-order valence-corrected chi connectivity index (χ4v) is 3.54. The van der Waals surface area contributed by atoms with E-state index in [1.807, 2.05) is 36.4 Å². The van der Waals surface area contributed by atoms with E-state index >= 15 is 0 Å². The summed E-state index contributed by atoms with van der Waals surface area (Å²) >= 11 is 13.8. The summed E-state index contributed by atoms with van der Waals surface area (Å²) in [6, 6.07) is 11.6. The molecule has 0 bridgehead atoms. The predicted octanol–water partition coefficient (Wildman–Crippen LogP) is 6.53. The summed E-state index contributed by atoms with van der Waals surface area (Å²) in [4.78, 5) is 0. The third-order valence-electron chi connectivity index (χ3n) is 2.02. The zero-order chi connectivity index (χ0) is 12.4. The lowest BCUT2D eigenvalue weighted by molar-refractivity contribution is 0.473. The molecule has 0 aliphatic carbocycles. The molecule has 0 saturated carbocycles. The van der Waals surface area contributed by atoms with Gasteiger partial charge in [0.1, 0.15) is 5.75 Å². The first kappa shape index (κ1) is 13.6. The Balaban J connectivity index is 2.38. The van der Waals surface area contributed by atoms with Crippen LogP contribution in [0.25, 0.3) is 0 Å². The highest BCUT2D eigenvalue weighted by molar-refractivity contribution is 9.11. The molecule has 2 aromatic rings. The Hall–Kier alpha value is 0.160. The molecular weight excluding hydrogens is 480 g/mol. The molecule has 0 aliphatic rings. The van der Waals surface area contributed by atoms with Gasteiger partial charge in [0.2, 0.25) is 0 Å². The lowest BCUT2D eigenvalue weighted by atomic mass is 10.3. The number of para-hydroxylation sites is 1. The monoisotopic (exact) mass is 482 g/mol. The van der Waals surface area contributed by atoms with Crippen LogP contribution in [0.15, 0.2) is 54.3 Å². The number of hydrogen-bond acceptors (Lipinski definition) is 1. The predicted molar refractivity (Wildman–Crippen MR) is 83.8 cm³/mol. The van der Waals surface area contributed by atoms with E-state index in [4.69, 9.17) is 4.74 Å². The minimum absolute atomic E-state index is 0.760. The van der Waals surface area contributed by atoms with Crippen LogP contribution in [0.1, 0.15) is 0 Å². The van der Waals surface area contributed by atoms with Crippen molar-refractivity contribution in [3.05, 3.63) is 54.3 Å². The van der Waals surface area contributed by atoms with Gasteiger partial charge in [-0.1, -0.05) is 22.0 Å². The van der Waals surface area contributed by atoms with Crippen molar-refractivity contribution < 1.29 is 4.74 Å². The summed E-state index contributed by atoms with van der Waals surface area (Å²) in [6.07, 6.45) is 0. The van der Waals surface area contributed by atoms with E-state index in [2.05, 4.69) is 63.7 Å². The van der Waals surface area contributed by atoms with Gasteiger partial charge in [-0.15, -0.1) is 0 Å². The van der Waals surface area contributed by atoms with Gasteiger partial charge in [0.25, 0.3) is 0 Å². The van der Waals surface area contributed by atoms with Crippen LogP contribution in [0, 0.1) is 0 Å². The molecule has 0 spiro atoms. The first-order valence-corrected chi connectivity index (χ1v) is 7.82. The maximum atomic E-state index is 5.86. The average Bonchev–Trinajstić information content (AvgIpc) is 2.26. The lowest BCUT2D eigenvalue weighted by Gasteiger charge is -2.11. The smallest absolute Gasteiger partial charge is 0.155 e. The molecule has 1 nitrogen and oxygen atoms in total. The van der Waals surface area contributed by atoms with Crippen molar-refractivity contribution in [1.29, 1.82) is 0 Å². The molecule has 2 aromatic carbocycles. The second kappa shape index (κ2) is 5.87. The van der Waals surface area contributed by atoms with Crippen molar-refractivity contribution in [2.75, 3.05) is 0 Å². The maximum Gasteiger partial charge on any atom is 0.155 e. The molecule has 17 heavy (non-hydrogen) atoms. The van der Waals surface area contributed by atoms with Crippen LogP contribution in [0.3, 0.4) is 0 Å². The Morgan fingerprint density at radius 1 is 0.765 bits per heavy atom. The lowest BCUT2D eigenvalue weighted by Crippen LogP contribution is -1.88. The second-order valence-electron chi connectivity index (χ2n) is 3.23. The number of ether oxygens (including phenoxy) is 1. The van der Waals surface area contributed by atoms with Gasteiger partial charge < -0.3 is 4.74 Å². The molecule has 88 valence electrons. The van der Waals surface area contributed by atoms with Crippen LogP contribution < -0.4 is 4.74 Å². The number of hydrogen-bond donors (Lipinski definition) is 0. The van der Waals surface area contributed by atoms with Gasteiger partial charge in [-0.2, -0.15) is 0 Å². The number of rotatable bonds is 2. The Morgan fingerprint density at radius 3 is 2.00 bits per heavy atom. The molecule has 0 atom stereocenters. The normalized spacial score (nSPS) is 10.4. The average molecular weight is 486 g/mol. The summed E-state index contributed by atoms with van der Waals surface area (Å²) in [5.74, 6) is 1.52. The van der Waals surface area contributed by atoms with E-state index in [0.717, 1.165) is 29.4 Å². The van der Waals surface area contributed by atoms with Crippen LogP contribution in [0.4, 0.5) is 0 Å². The Bertz CT molecular complexity index is 534. The number of benzene rings is 2. The SMILES string of the molecule is Brc1ccc(Oc2c(Br)cccc2Br)c(Br)c1. The first-order valence-electron chi connectivity index (χ1n) is 4.65. The quantitative estimate of drug-likeness (QED) is 0.470. The second-order valence-corrected chi connectivity index (χ2v) is 6.71. The zero-order valence-electron chi connectivity index (χ0n) is 8.38. The Labute approximate surface area is 133 Å². The van der Waals surface area contributed by atoms with Crippen molar-refractivity contribution in [1.82, 2.24) is 0 Å². The fraction of sp³-hybridized carbons (Fsp3) is 0. The van der Waals surface area contributed by atoms with E-state index in [1.54, 1.807) is 0 Å². The van der Waals surface area contributed by atoms with Crippen molar-refractivity contribution >= 4 is 63.7 Å². The highest BCUT2D eigenvalue weighted by Crippen LogP contribution is 2.39. The van der Waals surface area contributed by atoms with Gasteiger partial charge >= 0.3 is 0 Å². The van der Waals surface area contributed by atoms with Gasteiger partial charge in [-0.25, -0.2) is 0 Å². The minimum atomic E-state index is 0.760. The minimum Gasteiger partial charge on any atom is -0.454 e. The molecule has 0 saturated heterocycles. The maximum absolute atomic E-state index is 5.86. The largest absolute Gasteiger partial charge is 0.454 e. The molecular formula is C12H6Br4O. The highest BCUT2D eigenvalue weighted by Gasteiger charge is 2.09. The Morgan fingerprint density at radius 2 is 1.41 bits per heavy atom. The van der Waals surface area contributed by atoms with Crippen LogP contribution in [0.5, 0.6) is 11.5 Å². The van der Waals surface area contributed by atoms with Crippen LogP contribution in [-0.2, 0) is 0 Å². The summed E-state index contributed by atoms with van der Waals surface area (Å²) in [5, 5.41) is 0. The van der Waals surface area contributed by atoms with E-state index in [1.165, 1.54) is 0 Å². The van der Waals surface area contributed by atoms with Crippen molar-refractivity contribution in [3.8, 4) is 11.5 Å². The molecule has 2 rings (SSSR count). The third-order valence-corrected chi connectivity index (χ3v) is 4.39. The van der Waals surface area contributed by atoms with Gasteiger partial charge in [-0.3, -0.25) is 0 Å². The van der Waals surface area contributed by atoms with Gasteiger partial charge in [0.05, 0.1) is 13.4 Å². The van der Waals surface area contributed by atoms with Gasteiger partial charge in [-0.05, 0) is 78.1 Å². The molecule has 0 heterocycles. The standard InChI is InChI=1S/C12H6Br4O/c13-7-4-5-11(10(16)6-7)17-12-8(14)2-1-3-9(12)15/h1-6H. The summed E-state index contributed by atoms with van der Waals surface area (Å²) in [6.45, 7) is 0. The zero-order valence-corrected chi connectivity index (χ0v) is 14.7. The van der Waals surface area contributed by atoms with E-state index < -0.39 is 0 Å². The van der Waals surface area contributed by atoms with E-state index in [9.17, 15) is 0 Å². The Kier molecular flexibility index (Phi) is 4.69. The van der Waals surface area contributed by atoms with Crippen LogP contribution in [-0.4, -0.2) is 0 Å². The van der Waals surface area contributed by atoms with Crippen molar-refractivity contribution in [2.45, 2.75) is 0 Å². The molecule has 0 radical (unpaired) electrons. The van der Waals surface area contributed by atoms with Gasteiger partial charge in [0.15, 0.2) is 5.75 Å². The van der Waals surface area contributed by atoms with Gasteiger partial charge in [0, 0.05) is 4.47 Å². The molecule has 0 N–H and O–H groups in total. The fourth-order valence-electron chi connectivity index (χ4n) is 1.25. The topological polar surface area (TPSA) is 9.23 Å². The van der Waals surface area contributed by atoms with Crippen LogP contribution in [0.2, 0.25) is 0 Å². The van der Waals surface area contributed by atoms with E-state index in [0.29, 0.717) is 0 Å². The molecule has 0 aromatic heterocycles. The molecule has 5 heteroatoms. The molecule has 0 fully saturated rings. The summed E-state index contributed by atoms with van der Waals surface area (Å²) in [7, 11) is 0. The highest BCUT2D eigenvalue weighted by atomic mass is 79.9. The van der Waals surface area contributed by atoms with Crippen molar-refractivity contribution in [2.24, 2.45) is 0 Å². The summed E-state index contributed by atoms with van der Waals surface area (Å²) in [5.41, 5.74) is 0. The third kappa shape index (κ3) is 3.34. The first-order chi connectivity index (χ1) is 8.08. The summed E-state index contributed by atoms with van der Waals surface area (Å²) < 4.78 is 9.57. The van der Waals surface area contributed by atoms with Crippen molar-refractivity contribution in [3.63, 3.8) is 0 Å². The van der Waals surface area contributed by atoms with Crippen LogP contribution >= 0.6 is 63.7 Å². The van der Waals surface area contributed by atoms with E-state index in [-0.39, 0.29) is 0 Å².